The van der Waals surface area contributed by atoms with Crippen LogP contribution in [-0.2, 0) is 0 Å². The molecule has 0 radical (unpaired) electrons. The third-order valence-electron chi connectivity index (χ3n) is 4.01. The van der Waals surface area contributed by atoms with Crippen LogP contribution in [0.1, 0.15) is 30.9 Å². The first-order valence-electron chi connectivity index (χ1n) is 7.12. The molecule has 0 aromatic heterocycles. The molecule has 5 heteroatoms. The summed E-state index contributed by atoms with van der Waals surface area (Å²) in [5.74, 6) is 2.18. The highest BCUT2D eigenvalue weighted by Gasteiger charge is 2.32. The standard InChI is InChI=1S/C15H20FNO2S/c16-11-3-4-12-13(2-1-6-19-14(12)8-11)17-9-15(18)5-7-20-10-15/h3-4,8,13,17-18H,1-2,5-7,9-10H2/t13-,15-/m1/s1. The summed E-state index contributed by atoms with van der Waals surface area (Å²) >= 11 is 1.80. The average molecular weight is 297 g/mol. The van der Waals surface area contributed by atoms with Crippen LogP contribution >= 0.6 is 11.8 Å². The summed E-state index contributed by atoms with van der Waals surface area (Å²) in [5, 5.41) is 13.9. The maximum Gasteiger partial charge on any atom is 0.126 e. The summed E-state index contributed by atoms with van der Waals surface area (Å²) < 4.78 is 18.9. The Morgan fingerprint density at radius 3 is 3.20 bits per heavy atom. The average Bonchev–Trinajstić information content (AvgIpc) is 2.76. The number of hydrogen-bond acceptors (Lipinski definition) is 4. The molecule has 0 spiro atoms. The van der Waals surface area contributed by atoms with E-state index < -0.39 is 5.60 Å². The first-order chi connectivity index (χ1) is 9.66. The van der Waals surface area contributed by atoms with Crippen molar-refractivity contribution in [1.82, 2.24) is 5.32 Å². The second-order valence-electron chi connectivity index (χ2n) is 5.63. The van der Waals surface area contributed by atoms with Gasteiger partial charge in [0.2, 0.25) is 0 Å². The summed E-state index contributed by atoms with van der Waals surface area (Å²) in [5.41, 5.74) is 0.399. The van der Waals surface area contributed by atoms with Crippen molar-refractivity contribution in [2.45, 2.75) is 30.9 Å². The van der Waals surface area contributed by atoms with E-state index in [-0.39, 0.29) is 11.9 Å². The predicted molar refractivity (Wildman–Crippen MR) is 78.8 cm³/mol. The van der Waals surface area contributed by atoms with Gasteiger partial charge in [0.05, 0.1) is 12.2 Å². The van der Waals surface area contributed by atoms with Crippen molar-refractivity contribution >= 4 is 11.8 Å². The van der Waals surface area contributed by atoms with Crippen LogP contribution in [0.3, 0.4) is 0 Å². The van der Waals surface area contributed by atoms with E-state index in [1.807, 2.05) is 0 Å². The van der Waals surface area contributed by atoms with E-state index in [2.05, 4.69) is 5.32 Å². The van der Waals surface area contributed by atoms with Crippen molar-refractivity contribution in [1.29, 1.82) is 0 Å². The number of benzene rings is 1. The highest BCUT2D eigenvalue weighted by molar-refractivity contribution is 7.99. The minimum atomic E-state index is -0.599. The summed E-state index contributed by atoms with van der Waals surface area (Å²) in [6.07, 6.45) is 2.72. The van der Waals surface area contributed by atoms with Crippen molar-refractivity contribution in [3.8, 4) is 5.75 Å². The van der Waals surface area contributed by atoms with Crippen LogP contribution in [-0.4, -0.2) is 35.4 Å². The molecule has 0 amide bonds. The van der Waals surface area contributed by atoms with Gasteiger partial charge in [0.1, 0.15) is 11.6 Å². The van der Waals surface area contributed by atoms with Gasteiger partial charge in [-0.3, -0.25) is 0 Å². The quantitative estimate of drug-likeness (QED) is 0.899. The third kappa shape index (κ3) is 3.10. The van der Waals surface area contributed by atoms with E-state index in [1.165, 1.54) is 12.1 Å². The van der Waals surface area contributed by atoms with Crippen molar-refractivity contribution in [3.05, 3.63) is 29.6 Å². The van der Waals surface area contributed by atoms with Crippen molar-refractivity contribution in [2.24, 2.45) is 0 Å². The maximum atomic E-state index is 13.3. The van der Waals surface area contributed by atoms with Gasteiger partial charge in [-0.1, -0.05) is 6.07 Å². The number of aliphatic hydroxyl groups is 1. The maximum absolute atomic E-state index is 13.3. The van der Waals surface area contributed by atoms with E-state index in [0.29, 0.717) is 18.9 Å². The Hall–Kier alpha value is -0.780. The number of thioether (sulfide) groups is 1. The van der Waals surface area contributed by atoms with Crippen molar-refractivity contribution in [2.75, 3.05) is 24.7 Å². The molecule has 0 aliphatic carbocycles. The van der Waals surface area contributed by atoms with Gasteiger partial charge in [-0.05, 0) is 31.1 Å². The molecule has 20 heavy (non-hydrogen) atoms. The van der Waals surface area contributed by atoms with Crippen LogP contribution in [0, 0.1) is 5.82 Å². The zero-order chi connectivity index (χ0) is 14.0. The Bertz CT molecular complexity index is 477. The second-order valence-corrected chi connectivity index (χ2v) is 6.74. The van der Waals surface area contributed by atoms with Gasteiger partial charge in [-0.25, -0.2) is 4.39 Å². The van der Waals surface area contributed by atoms with Crippen LogP contribution in [0.2, 0.25) is 0 Å². The van der Waals surface area contributed by atoms with E-state index >= 15 is 0 Å². The summed E-state index contributed by atoms with van der Waals surface area (Å²) in [4.78, 5) is 0. The minimum absolute atomic E-state index is 0.128. The van der Waals surface area contributed by atoms with Gasteiger partial charge in [-0.2, -0.15) is 11.8 Å². The highest BCUT2D eigenvalue weighted by atomic mass is 32.2. The fourth-order valence-corrected chi connectivity index (χ4v) is 4.10. The van der Waals surface area contributed by atoms with Gasteiger partial charge in [0.15, 0.2) is 0 Å². The number of ether oxygens (including phenoxy) is 1. The molecule has 0 unspecified atom stereocenters. The predicted octanol–water partition coefficient (Wildman–Crippen LogP) is 2.50. The molecule has 1 saturated heterocycles. The zero-order valence-electron chi connectivity index (χ0n) is 11.4. The molecule has 3 nitrogen and oxygen atoms in total. The Morgan fingerprint density at radius 2 is 2.40 bits per heavy atom. The van der Waals surface area contributed by atoms with Gasteiger partial charge in [0, 0.05) is 30.0 Å². The molecule has 1 aromatic carbocycles. The van der Waals surface area contributed by atoms with Crippen molar-refractivity contribution < 1.29 is 14.2 Å². The van der Waals surface area contributed by atoms with E-state index in [4.69, 9.17) is 4.74 Å². The number of rotatable bonds is 3. The van der Waals surface area contributed by atoms with Crippen molar-refractivity contribution in [3.63, 3.8) is 0 Å². The molecule has 110 valence electrons. The molecule has 2 aliphatic rings. The molecule has 2 aliphatic heterocycles. The monoisotopic (exact) mass is 297 g/mol. The lowest BCUT2D eigenvalue weighted by Gasteiger charge is -2.26. The molecule has 1 aromatic rings. The third-order valence-corrected chi connectivity index (χ3v) is 5.24. The van der Waals surface area contributed by atoms with Crippen LogP contribution < -0.4 is 10.1 Å². The molecular weight excluding hydrogens is 277 g/mol. The zero-order valence-corrected chi connectivity index (χ0v) is 12.2. The van der Waals surface area contributed by atoms with Crippen LogP contribution in [0.15, 0.2) is 18.2 Å². The Kier molecular flexibility index (Phi) is 4.19. The lowest BCUT2D eigenvalue weighted by atomic mass is 9.99. The summed E-state index contributed by atoms with van der Waals surface area (Å²) in [6.45, 7) is 1.20. The molecule has 1 fully saturated rings. The Labute approximate surface area is 122 Å². The van der Waals surface area contributed by atoms with E-state index in [9.17, 15) is 9.50 Å². The highest BCUT2D eigenvalue weighted by Crippen LogP contribution is 2.33. The number of fused-ring (bicyclic) bond motifs is 1. The lowest BCUT2D eigenvalue weighted by Crippen LogP contribution is -2.41. The Morgan fingerprint density at radius 1 is 1.50 bits per heavy atom. The van der Waals surface area contributed by atoms with Gasteiger partial charge in [-0.15, -0.1) is 0 Å². The molecule has 2 N–H and O–H groups in total. The molecule has 2 heterocycles. The number of nitrogens with one attached hydrogen (secondary N) is 1. The van der Waals surface area contributed by atoms with Gasteiger partial charge < -0.3 is 15.2 Å². The largest absolute Gasteiger partial charge is 0.493 e. The number of hydrogen-bond donors (Lipinski definition) is 2. The van der Waals surface area contributed by atoms with E-state index in [1.54, 1.807) is 17.8 Å². The summed E-state index contributed by atoms with van der Waals surface area (Å²) in [6, 6.07) is 4.85. The van der Waals surface area contributed by atoms with Crippen LogP contribution in [0.5, 0.6) is 5.75 Å². The molecular formula is C15H20FNO2S. The van der Waals surface area contributed by atoms with E-state index in [0.717, 1.165) is 36.3 Å². The fourth-order valence-electron chi connectivity index (χ4n) is 2.81. The lowest BCUT2D eigenvalue weighted by molar-refractivity contribution is 0.0642. The molecule has 0 saturated carbocycles. The fraction of sp³-hybridized carbons (Fsp3) is 0.600. The SMILES string of the molecule is O[C@@]1(CN[C@@H]2CCCOc3cc(F)ccc32)CCSC1. The number of halogens is 1. The molecule has 0 bridgehead atoms. The molecule has 2 atom stereocenters. The van der Waals surface area contributed by atoms with Crippen LogP contribution in [0.25, 0.3) is 0 Å². The first-order valence-corrected chi connectivity index (χ1v) is 8.28. The van der Waals surface area contributed by atoms with Gasteiger partial charge in [0.25, 0.3) is 0 Å². The summed E-state index contributed by atoms with van der Waals surface area (Å²) in [7, 11) is 0. The van der Waals surface area contributed by atoms with Gasteiger partial charge >= 0.3 is 0 Å². The first kappa shape index (κ1) is 14.2. The van der Waals surface area contributed by atoms with Crippen LogP contribution in [0.4, 0.5) is 4.39 Å². The Balaban J connectivity index is 1.73. The smallest absolute Gasteiger partial charge is 0.126 e. The molecule has 3 rings (SSSR count). The minimum Gasteiger partial charge on any atom is -0.493 e. The normalized spacial score (nSPS) is 29.6. The topological polar surface area (TPSA) is 41.5 Å². The second kappa shape index (κ2) is 5.92.